The fourth-order valence-electron chi connectivity index (χ4n) is 3.61. The first-order chi connectivity index (χ1) is 15.0. The number of anilines is 1. The van der Waals surface area contributed by atoms with Crippen LogP contribution in [0.3, 0.4) is 0 Å². The number of halogens is 2. The van der Waals surface area contributed by atoms with E-state index in [0.717, 1.165) is 37.3 Å². The van der Waals surface area contributed by atoms with Crippen molar-refractivity contribution in [3.63, 3.8) is 0 Å². The minimum absolute atomic E-state index is 0.0890. The molecular weight excluding hydrogens is 409 g/mol. The molecule has 1 aliphatic rings. The summed E-state index contributed by atoms with van der Waals surface area (Å²) >= 11 is 6.00. The Bertz CT molecular complexity index is 993. The monoisotopic (exact) mass is 435 g/mol. The van der Waals surface area contributed by atoms with Crippen molar-refractivity contribution in [1.82, 2.24) is 5.32 Å². The Balaban J connectivity index is 0.000000330. The van der Waals surface area contributed by atoms with Crippen LogP contribution in [0.15, 0.2) is 72.8 Å². The zero-order chi connectivity index (χ0) is 22.1. The lowest BCUT2D eigenvalue weighted by molar-refractivity contribution is 0.557. The van der Waals surface area contributed by atoms with Gasteiger partial charge in [0.2, 0.25) is 0 Å². The van der Waals surface area contributed by atoms with Crippen molar-refractivity contribution >= 4 is 17.3 Å². The maximum Gasteiger partial charge on any atom is 0.140 e. The van der Waals surface area contributed by atoms with Crippen LogP contribution in [0.5, 0.6) is 0 Å². The third kappa shape index (κ3) is 7.10. The molecule has 0 aliphatic carbocycles. The third-order valence-electron chi connectivity index (χ3n) is 5.30. The number of benzene rings is 3. The highest BCUT2D eigenvalue weighted by atomic mass is 35.5. The standard InChI is InChI=1S/C19H19ClFN3.C7H8/c20-17-2-4-18(5-3-17)24(13-15-7-8-23-11-15)12-14-1-6-19(21)16(9-14)10-22;1-7-5-3-2-4-6-7/h1-6,9,15,23H,7-8,11-13H2;2-6H,1H3. The van der Waals surface area contributed by atoms with Gasteiger partial charge in [-0.3, -0.25) is 0 Å². The van der Waals surface area contributed by atoms with Gasteiger partial charge < -0.3 is 10.2 Å². The lowest BCUT2D eigenvalue weighted by Gasteiger charge is -2.28. The van der Waals surface area contributed by atoms with Crippen molar-refractivity contribution in [3.05, 3.63) is 100 Å². The molecule has 1 unspecified atom stereocenters. The summed E-state index contributed by atoms with van der Waals surface area (Å²) in [5.41, 5.74) is 3.41. The van der Waals surface area contributed by atoms with Crippen LogP contribution in [0, 0.1) is 30.0 Å². The number of nitriles is 1. The molecule has 1 heterocycles. The molecule has 0 amide bonds. The van der Waals surface area contributed by atoms with Crippen LogP contribution in [0.4, 0.5) is 10.1 Å². The first-order valence-electron chi connectivity index (χ1n) is 10.5. The number of nitrogens with one attached hydrogen (secondary N) is 1. The van der Waals surface area contributed by atoms with E-state index in [1.807, 2.05) is 48.5 Å². The van der Waals surface area contributed by atoms with E-state index in [0.29, 0.717) is 17.5 Å². The van der Waals surface area contributed by atoms with Crippen molar-refractivity contribution in [2.45, 2.75) is 19.9 Å². The fourth-order valence-corrected chi connectivity index (χ4v) is 3.73. The van der Waals surface area contributed by atoms with Gasteiger partial charge in [0, 0.05) is 23.8 Å². The number of aryl methyl sites for hydroxylation is 1. The van der Waals surface area contributed by atoms with E-state index >= 15 is 0 Å². The molecule has 0 spiro atoms. The first-order valence-corrected chi connectivity index (χ1v) is 10.8. The molecule has 1 saturated heterocycles. The van der Waals surface area contributed by atoms with Crippen molar-refractivity contribution < 1.29 is 4.39 Å². The van der Waals surface area contributed by atoms with E-state index in [9.17, 15) is 4.39 Å². The van der Waals surface area contributed by atoms with E-state index in [-0.39, 0.29) is 5.56 Å². The summed E-state index contributed by atoms with van der Waals surface area (Å²) in [6.45, 7) is 5.69. The van der Waals surface area contributed by atoms with Gasteiger partial charge in [-0.2, -0.15) is 5.26 Å². The Labute approximate surface area is 189 Å². The van der Waals surface area contributed by atoms with Gasteiger partial charge in [-0.05, 0) is 74.3 Å². The van der Waals surface area contributed by atoms with Gasteiger partial charge in [0.05, 0.1) is 5.56 Å². The topological polar surface area (TPSA) is 39.1 Å². The number of hydrogen-bond donors (Lipinski definition) is 1. The smallest absolute Gasteiger partial charge is 0.140 e. The summed E-state index contributed by atoms with van der Waals surface area (Å²) in [7, 11) is 0. The summed E-state index contributed by atoms with van der Waals surface area (Å²) in [5, 5.41) is 13.1. The van der Waals surface area contributed by atoms with E-state index in [1.165, 1.54) is 11.6 Å². The summed E-state index contributed by atoms with van der Waals surface area (Å²) in [5.74, 6) is 0.107. The Kier molecular flexibility index (Phi) is 8.46. The molecule has 31 heavy (non-hydrogen) atoms. The molecule has 3 aromatic carbocycles. The Morgan fingerprint density at radius 2 is 1.84 bits per heavy atom. The summed E-state index contributed by atoms with van der Waals surface area (Å²) in [6, 6.07) is 24.7. The van der Waals surface area contributed by atoms with Crippen LogP contribution in [0.1, 0.15) is 23.1 Å². The summed E-state index contributed by atoms with van der Waals surface area (Å²) in [4.78, 5) is 2.27. The van der Waals surface area contributed by atoms with Crippen molar-refractivity contribution in [1.29, 1.82) is 5.26 Å². The molecule has 0 aromatic heterocycles. The zero-order valence-electron chi connectivity index (χ0n) is 17.7. The van der Waals surface area contributed by atoms with Gasteiger partial charge in [0.1, 0.15) is 11.9 Å². The van der Waals surface area contributed by atoms with Gasteiger partial charge >= 0.3 is 0 Å². The van der Waals surface area contributed by atoms with Gasteiger partial charge in [-0.15, -0.1) is 0 Å². The Morgan fingerprint density at radius 1 is 1.10 bits per heavy atom. The van der Waals surface area contributed by atoms with Crippen LogP contribution >= 0.6 is 11.6 Å². The zero-order valence-corrected chi connectivity index (χ0v) is 18.4. The minimum atomic E-state index is -0.473. The summed E-state index contributed by atoms with van der Waals surface area (Å²) in [6.07, 6.45) is 1.15. The molecule has 160 valence electrons. The third-order valence-corrected chi connectivity index (χ3v) is 5.55. The first kappa shape index (κ1) is 22.8. The molecule has 1 atom stereocenters. The fraction of sp³-hybridized carbons (Fsp3) is 0.269. The molecule has 1 N–H and O–H groups in total. The van der Waals surface area contributed by atoms with Crippen LogP contribution in [0.2, 0.25) is 5.02 Å². The van der Waals surface area contributed by atoms with Gasteiger partial charge in [0.15, 0.2) is 0 Å². The number of hydrogen-bond acceptors (Lipinski definition) is 3. The van der Waals surface area contributed by atoms with Crippen LogP contribution in [-0.2, 0) is 6.54 Å². The normalized spacial score (nSPS) is 15.0. The molecule has 0 radical (unpaired) electrons. The van der Waals surface area contributed by atoms with Crippen LogP contribution in [-0.4, -0.2) is 19.6 Å². The molecule has 0 saturated carbocycles. The highest BCUT2D eigenvalue weighted by Gasteiger charge is 2.19. The molecule has 3 aromatic rings. The lowest BCUT2D eigenvalue weighted by atomic mass is 10.1. The SMILES string of the molecule is Cc1ccccc1.N#Cc1cc(CN(CC2CCNC2)c2ccc(Cl)cc2)ccc1F. The van der Waals surface area contributed by atoms with E-state index in [4.69, 9.17) is 16.9 Å². The molecule has 0 bridgehead atoms. The molecule has 3 nitrogen and oxygen atoms in total. The molecule has 1 aliphatic heterocycles. The van der Waals surface area contributed by atoms with E-state index in [2.05, 4.69) is 29.3 Å². The second-order valence-corrected chi connectivity index (χ2v) is 8.23. The maximum absolute atomic E-state index is 13.5. The van der Waals surface area contributed by atoms with Gasteiger partial charge in [-0.25, -0.2) is 4.39 Å². The average molecular weight is 436 g/mol. The number of nitrogens with zero attached hydrogens (tertiary/aromatic N) is 2. The van der Waals surface area contributed by atoms with Crippen molar-refractivity contribution in [2.75, 3.05) is 24.5 Å². The van der Waals surface area contributed by atoms with E-state index in [1.54, 1.807) is 12.1 Å². The van der Waals surface area contributed by atoms with Crippen LogP contribution < -0.4 is 10.2 Å². The van der Waals surface area contributed by atoms with Crippen molar-refractivity contribution in [3.8, 4) is 6.07 Å². The molecule has 1 fully saturated rings. The highest BCUT2D eigenvalue weighted by Crippen LogP contribution is 2.23. The van der Waals surface area contributed by atoms with Gasteiger partial charge in [0.25, 0.3) is 0 Å². The van der Waals surface area contributed by atoms with Crippen LogP contribution in [0.25, 0.3) is 0 Å². The minimum Gasteiger partial charge on any atom is -0.367 e. The van der Waals surface area contributed by atoms with Crippen molar-refractivity contribution in [2.24, 2.45) is 5.92 Å². The second kappa shape index (κ2) is 11.5. The second-order valence-electron chi connectivity index (χ2n) is 7.80. The average Bonchev–Trinajstić information content (AvgIpc) is 3.29. The molecule has 4 rings (SSSR count). The number of rotatable bonds is 5. The highest BCUT2D eigenvalue weighted by molar-refractivity contribution is 6.30. The van der Waals surface area contributed by atoms with E-state index < -0.39 is 5.82 Å². The predicted molar refractivity (Wildman–Crippen MR) is 126 cm³/mol. The summed E-state index contributed by atoms with van der Waals surface area (Å²) < 4.78 is 13.5. The molecular formula is C26H27ClFN3. The quantitative estimate of drug-likeness (QED) is 0.537. The Morgan fingerprint density at radius 3 is 2.42 bits per heavy atom. The van der Waals surface area contributed by atoms with Gasteiger partial charge in [-0.1, -0.05) is 53.6 Å². The maximum atomic E-state index is 13.5. The predicted octanol–water partition coefficient (Wildman–Crippen LogP) is 5.96. The Hall–Kier alpha value is -2.87. The lowest BCUT2D eigenvalue weighted by Crippen LogP contribution is -2.30. The largest absolute Gasteiger partial charge is 0.367 e. The molecule has 5 heteroatoms.